The Labute approximate surface area is 109 Å². The number of methoxy groups -OCH3 is 1. The number of carbonyl (C=O) groups excluding carboxylic acids is 1. The Hall–Kier alpha value is -0.220. The van der Waals surface area contributed by atoms with E-state index in [2.05, 4.69) is 19.2 Å². The Bertz CT molecular complexity index is 256. The van der Waals surface area contributed by atoms with Crippen molar-refractivity contribution in [3.8, 4) is 0 Å². The van der Waals surface area contributed by atoms with Gasteiger partial charge in [0.2, 0.25) is 0 Å². The minimum Gasteiger partial charge on any atom is -0.468 e. The third-order valence-electron chi connectivity index (χ3n) is 3.23. The topological polar surface area (TPSA) is 38.3 Å². The smallest absolute Gasteiger partial charge is 0.326 e. The molecule has 0 heterocycles. The van der Waals surface area contributed by atoms with Gasteiger partial charge in [0.1, 0.15) is 5.54 Å². The SMILES string of the molecule is CCC(C)CSCC(C)(NC1CC1)C(=O)OC. The second kappa shape index (κ2) is 6.64. The molecule has 1 rings (SSSR count). The molecule has 0 saturated heterocycles. The molecule has 0 aromatic carbocycles. The van der Waals surface area contributed by atoms with E-state index < -0.39 is 5.54 Å². The highest BCUT2D eigenvalue weighted by Gasteiger charge is 2.39. The van der Waals surface area contributed by atoms with Crippen molar-refractivity contribution in [2.45, 2.75) is 51.6 Å². The molecular formula is C13H25NO2S. The van der Waals surface area contributed by atoms with Gasteiger partial charge in [-0.05, 0) is 31.4 Å². The molecule has 1 fully saturated rings. The van der Waals surface area contributed by atoms with Crippen molar-refractivity contribution in [3.05, 3.63) is 0 Å². The Kier molecular flexibility index (Phi) is 5.80. The van der Waals surface area contributed by atoms with E-state index in [1.807, 2.05) is 18.7 Å². The highest BCUT2D eigenvalue weighted by Crippen LogP contribution is 2.26. The maximum Gasteiger partial charge on any atom is 0.326 e. The Balaban J connectivity index is 2.42. The van der Waals surface area contributed by atoms with Crippen LogP contribution in [0, 0.1) is 5.92 Å². The van der Waals surface area contributed by atoms with Gasteiger partial charge in [-0.15, -0.1) is 0 Å². The van der Waals surface area contributed by atoms with Crippen LogP contribution in [-0.4, -0.2) is 36.2 Å². The van der Waals surface area contributed by atoms with Crippen molar-refractivity contribution >= 4 is 17.7 Å². The molecule has 0 aromatic rings. The van der Waals surface area contributed by atoms with Crippen molar-refractivity contribution in [2.75, 3.05) is 18.6 Å². The van der Waals surface area contributed by atoms with Gasteiger partial charge >= 0.3 is 5.97 Å². The highest BCUT2D eigenvalue weighted by atomic mass is 32.2. The van der Waals surface area contributed by atoms with Crippen LogP contribution in [0.3, 0.4) is 0 Å². The summed E-state index contributed by atoms with van der Waals surface area (Å²) < 4.78 is 4.91. The first-order valence-electron chi connectivity index (χ1n) is 6.45. The third kappa shape index (κ3) is 4.88. The van der Waals surface area contributed by atoms with Crippen LogP contribution in [0.2, 0.25) is 0 Å². The first kappa shape index (κ1) is 14.8. The molecule has 3 nitrogen and oxygen atoms in total. The lowest BCUT2D eigenvalue weighted by atomic mass is 10.1. The van der Waals surface area contributed by atoms with Crippen molar-refractivity contribution in [1.29, 1.82) is 0 Å². The zero-order chi connectivity index (χ0) is 12.9. The lowest BCUT2D eigenvalue weighted by Crippen LogP contribution is -2.53. The summed E-state index contributed by atoms with van der Waals surface area (Å²) >= 11 is 1.84. The Morgan fingerprint density at radius 2 is 2.24 bits per heavy atom. The van der Waals surface area contributed by atoms with Crippen molar-refractivity contribution in [2.24, 2.45) is 5.92 Å². The van der Waals surface area contributed by atoms with Gasteiger partial charge in [-0.3, -0.25) is 10.1 Å². The number of hydrogen-bond donors (Lipinski definition) is 1. The molecule has 4 heteroatoms. The van der Waals surface area contributed by atoms with E-state index >= 15 is 0 Å². The summed E-state index contributed by atoms with van der Waals surface area (Å²) in [4.78, 5) is 11.8. The van der Waals surface area contributed by atoms with Crippen LogP contribution in [0.1, 0.15) is 40.0 Å². The number of rotatable bonds is 8. The second-order valence-corrected chi connectivity index (χ2v) is 6.30. The van der Waals surface area contributed by atoms with Crippen LogP contribution in [-0.2, 0) is 9.53 Å². The molecule has 1 aliphatic rings. The molecule has 0 aromatic heterocycles. The maximum absolute atomic E-state index is 11.8. The molecule has 1 saturated carbocycles. The molecule has 0 amide bonds. The number of nitrogens with one attached hydrogen (secondary N) is 1. The number of carbonyl (C=O) groups is 1. The summed E-state index contributed by atoms with van der Waals surface area (Å²) in [7, 11) is 1.47. The number of esters is 1. The van der Waals surface area contributed by atoms with Gasteiger partial charge in [0.15, 0.2) is 0 Å². The quantitative estimate of drug-likeness (QED) is 0.680. The normalized spacial score (nSPS) is 20.7. The zero-order valence-corrected chi connectivity index (χ0v) is 12.2. The van der Waals surface area contributed by atoms with E-state index in [4.69, 9.17) is 4.74 Å². The lowest BCUT2D eigenvalue weighted by molar-refractivity contribution is -0.147. The Morgan fingerprint density at radius 3 is 2.71 bits per heavy atom. The summed E-state index contributed by atoms with van der Waals surface area (Å²) in [5, 5.41) is 3.41. The van der Waals surface area contributed by atoms with Crippen LogP contribution in [0.5, 0.6) is 0 Å². The monoisotopic (exact) mass is 259 g/mol. The number of ether oxygens (including phenoxy) is 1. The average molecular weight is 259 g/mol. The average Bonchev–Trinajstić information content (AvgIpc) is 3.11. The zero-order valence-electron chi connectivity index (χ0n) is 11.4. The van der Waals surface area contributed by atoms with Gasteiger partial charge < -0.3 is 4.74 Å². The summed E-state index contributed by atoms with van der Waals surface area (Å²) in [5.41, 5.74) is -0.520. The first-order valence-corrected chi connectivity index (χ1v) is 7.61. The minimum absolute atomic E-state index is 0.138. The Morgan fingerprint density at radius 1 is 1.59 bits per heavy atom. The highest BCUT2D eigenvalue weighted by molar-refractivity contribution is 7.99. The fourth-order valence-electron chi connectivity index (χ4n) is 1.65. The van der Waals surface area contributed by atoms with Crippen molar-refractivity contribution < 1.29 is 9.53 Å². The molecule has 0 spiro atoms. The molecule has 1 aliphatic carbocycles. The molecule has 1 N–H and O–H groups in total. The fraction of sp³-hybridized carbons (Fsp3) is 0.923. The van der Waals surface area contributed by atoms with Gasteiger partial charge in [0.25, 0.3) is 0 Å². The van der Waals surface area contributed by atoms with Crippen molar-refractivity contribution in [3.63, 3.8) is 0 Å². The first-order chi connectivity index (χ1) is 8.01. The standard InChI is InChI=1S/C13H25NO2S/c1-5-10(2)8-17-9-13(3,12(15)16-4)14-11-6-7-11/h10-11,14H,5-9H2,1-4H3. The van der Waals surface area contributed by atoms with Crippen LogP contribution in [0.15, 0.2) is 0 Å². The molecule has 0 radical (unpaired) electrons. The van der Waals surface area contributed by atoms with E-state index in [9.17, 15) is 4.79 Å². The van der Waals surface area contributed by atoms with Crippen LogP contribution < -0.4 is 5.32 Å². The predicted molar refractivity (Wildman–Crippen MR) is 73.4 cm³/mol. The van der Waals surface area contributed by atoms with Gasteiger partial charge in [-0.25, -0.2) is 0 Å². The van der Waals surface area contributed by atoms with Crippen molar-refractivity contribution in [1.82, 2.24) is 5.32 Å². The van der Waals surface area contributed by atoms with Crippen LogP contribution in [0.25, 0.3) is 0 Å². The number of hydrogen-bond acceptors (Lipinski definition) is 4. The molecule has 0 aliphatic heterocycles. The maximum atomic E-state index is 11.8. The summed E-state index contributed by atoms with van der Waals surface area (Å²) in [6.45, 7) is 6.41. The molecular weight excluding hydrogens is 234 g/mol. The molecule has 100 valence electrons. The summed E-state index contributed by atoms with van der Waals surface area (Å²) in [6, 6.07) is 0.517. The van der Waals surface area contributed by atoms with E-state index in [0.29, 0.717) is 12.0 Å². The van der Waals surface area contributed by atoms with E-state index in [1.165, 1.54) is 26.4 Å². The predicted octanol–water partition coefficient (Wildman–Crippen LogP) is 2.45. The summed E-state index contributed by atoms with van der Waals surface area (Å²) in [6.07, 6.45) is 3.56. The van der Waals surface area contributed by atoms with E-state index in [1.54, 1.807) is 0 Å². The van der Waals surface area contributed by atoms with E-state index in [0.717, 1.165) is 11.5 Å². The lowest BCUT2D eigenvalue weighted by Gasteiger charge is -2.28. The molecule has 0 bridgehead atoms. The largest absolute Gasteiger partial charge is 0.468 e. The van der Waals surface area contributed by atoms with E-state index in [-0.39, 0.29) is 5.97 Å². The number of thioether (sulfide) groups is 1. The fourth-order valence-corrected chi connectivity index (χ4v) is 3.01. The van der Waals surface area contributed by atoms with Gasteiger partial charge in [-0.2, -0.15) is 11.8 Å². The second-order valence-electron chi connectivity index (χ2n) is 5.27. The van der Waals surface area contributed by atoms with Crippen LogP contribution in [0.4, 0.5) is 0 Å². The third-order valence-corrected chi connectivity index (χ3v) is 4.81. The molecule has 2 atom stereocenters. The van der Waals surface area contributed by atoms with Gasteiger partial charge in [-0.1, -0.05) is 20.3 Å². The molecule has 17 heavy (non-hydrogen) atoms. The van der Waals surface area contributed by atoms with Gasteiger partial charge in [0, 0.05) is 11.8 Å². The molecule has 2 unspecified atom stereocenters. The minimum atomic E-state index is -0.520. The van der Waals surface area contributed by atoms with Crippen LogP contribution >= 0.6 is 11.8 Å². The van der Waals surface area contributed by atoms with Gasteiger partial charge in [0.05, 0.1) is 7.11 Å². The summed E-state index contributed by atoms with van der Waals surface area (Å²) in [5.74, 6) is 2.47.